The summed E-state index contributed by atoms with van der Waals surface area (Å²) in [7, 11) is 0. The van der Waals surface area contributed by atoms with E-state index >= 15 is 0 Å². The van der Waals surface area contributed by atoms with E-state index in [1.54, 1.807) is 0 Å². The maximum Gasteiger partial charge on any atom is -0.0298 e. The van der Waals surface area contributed by atoms with E-state index in [1.165, 1.54) is 5.57 Å². The second-order valence-electron chi connectivity index (χ2n) is 4.20. The van der Waals surface area contributed by atoms with E-state index in [4.69, 9.17) is 0 Å². The molecule has 0 saturated carbocycles. The van der Waals surface area contributed by atoms with Crippen LogP contribution in [0.25, 0.3) is 0 Å². The first-order valence-electron chi connectivity index (χ1n) is 4.25. The van der Waals surface area contributed by atoms with E-state index in [1.807, 2.05) is 0 Å². The predicted octanol–water partition coefficient (Wildman–Crippen LogP) is 3.95. The topological polar surface area (TPSA) is 0 Å². The van der Waals surface area contributed by atoms with Crippen molar-refractivity contribution in [2.24, 2.45) is 5.41 Å². The van der Waals surface area contributed by atoms with Crippen LogP contribution in [0.3, 0.4) is 0 Å². The second kappa shape index (κ2) is 4.38. The highest BCUT2D eigenvalue weighted by Crippen LogP contribution is 2.18. The molecular weight excluding hydrogens is 132 g/mol. The van der Waals surface area contributed by atoms with Gasteiger partial charge in [-0.05, 0) is 25.7 Å². The highest BCUT2D eigenvalue weighted by molar-refractivity contribution is 5.14. The summed E-state index contributed by atoms with van der Waals surface area (Å²) in [5, 5.41) is 0. The van der Waals surface area contributed by atoms with Gasteiger partial charge in [0.1, 0.15) is 0 Å². The van der Waals surface area contributed by atoms with Gasteiger partial charge < -0.3 is 0 Å². The third-order valence-corrected chi connectivity index (χ3v) is 1.57. The van der Waals surface area contributed by atoms with Crippen LogP contribution in [-0.4, -0.2) is 0 Å². The van der Waals surface area contributed by atoms with Crippen molar-refractivity contribution in [3.8, 4) is 0 Å². The van der Waals surface area contributed by atoms with Crippen molar-refractivity contribution < 1.29 is 0 Å². The molecular formula is C11H20. The van der Waals surface area contributed by atoms with Crippen LogP contribution < -0.4 is 0 Å². The van der Waals surface area contributed by atoms with Crippen molar-refractivity contribution in [3.05, 3.63) is 23.8 Å². The van der Waals surface area contributed by atoms with E-state index in [9.17, 15) is 0 Å². The Bertz CT molecular complexity index is 153. The number of rotatable bonds is 2. The minimum Gasteiger partial charge on any atom is -0.0847 e. The zero-order valence-electron chi connectivity index (χ0n) is 8.44. The SMILES string of the molecule is CC=C(C)C=CCC(C)(C)C. The molecule has 0 aliphatic rings. The van der Waals surface area contributed by atoms with Gasteiger partial charge in [0.2, 0.25) is 0 Å². The largest absolute Gasteiger partial charge is 0.0847 e. The Morgan fingerprint density at radius 2 is 1.82 bits per heavy atom. The molecule has 0 aliphatic heterocycles. The first kappa shape index (κ1) is 10.5. The first-order valence-corrected chi connectivity index (χ1v) is 4.25. The number of hydrogen-bond acceptors (Lipinski definition) is 0. The molecule has 0 unspecified atom stereocenters. The average molecular weight is 152 g/mol. The summed E-state index contributed by atoms with van der Waals surface area (Å²) in [5.41, 5.74) is 1.76. The van der Waals surface area contributed by atoms with Crippen molar-refractivity contribution in [1.29, 1.82) is 0 Å². The summed E-state index contributed by atoms with van der Waals surface area (Å²) in [6.07, 6.45) is 7.71. The molecule has 0 radical (unpaired) electrons. The van der Waals surface area contributed by atoms with Gasteiger partial charge in [0, 0.05) is 0 Å². The molecule has 0 rings (SSSR count). The van der Waals surface area contributed by atoms with E-state index < -0.39 is 0 Å². The zero-order chi connectivity index (χ0) is 8.91. The van der Waals surface area contributed by atoms with Gasteiger partial charge in [-0.1, -0.05) is 44.6 Å². The van der Waals surface area contributed by atoms with E-state index in [2.05, 4.69) is 52.8 Å². The highest BCUT2D eigenvalue weighted by Gasteiger charge is 2.05. The lowest BCUT2D eigenvalue weighted by atomic mass is 9.92. The molecule has 0 spiro atoms. The molecule has 0 aromatic rings. The maximum absolute atomic E-state index is 2.25. The van der Waals surface area contributed by atoms with Crippen LogP contribution in [0.5, 0.6) is 0 Å². The molecule has 0 fully saturated rings. The number of hydrogen-bond donors (Lipinski definition) is 0. The zero-order valence-corrected chi connectivity index (χ0v) is 8.44. The Balaban J connectivity index is 3.79. The lowest BCUT2D eigenvalue weighted by molar-refractivity contribution is 0.420. The van der Waals surface area contributed by atoms with Crippen LogP contribution in [0.1, 0.15) is 41.0 Å². The molecule has 0 amide bonds. The fourth-order valence-electron chi connectivity index (χ4n) is 0.695. The molecule has 0 aromatic carbocycles. The quantitative estimate of drug-likeness (QED) is 0.526. The molecule has 64 valence electrons. The molecule has 11 heavy (non-hydrogen) atoms. The summed E-state index contributed by atoms with van der Waals surface area (Å²) in [6, 6.07) is 0. The summed E-state index contributed by atoms with van der Waals surface area (Å²) in [4.78, 5) is 0. The maximum atomic E-state index is 2.25. The smallest absolute Gasteiger partial charge is 0.0298 e. The monoisotopic (exact) mass is 152 g/mol. The number of allylic oxidation sites excluding steroid dienone is 4. The first-order chi connectivity index (χ1) is 4.95. The molecule has 0 bridgehead atoms. The Labute approximate surface area is 71.0 Å². The summed E-state index contributed by atoms with van der Waals surface area (Å²) in [5.74, 6) is 0. The molecule has 0 aliphatic carbocycles. The van der Waals surface area contributed by atoms with E-state index in [-0.39, 0.29) is 0 Å². The van der Waals surface area contributed by atoms with E-state index in [0.29, 0.717) is 5.41 Å². The van der Waals surface area contributed by atoms with Gasteiger partial charge in [0.05, 0.1) is 0 Å². The van der Waals surface area contributed by atoms with Gasteiger partial charge in [0.25, 0.3) is 0 Å². The lowest BCUT2D eigenvalue weighted by Gasteiger charge is -2.14. The minimum atomic E-state index is 0.421. The Morgan fingerprint density at radius 1 is 1.27 bits per heavy atom. The fourth-order valence-corrected chi connectivity index (χ4v) is 0.695. The Morgan fingerprint density at radius 3 is 2.18 bits per heavy atom. The van der Waals surface area contributed by atoms with Crippen molar-refractivity contribution in [3.63, 3.8) is 0 Å². The molecule has 0 atom stereocenters. The average Bonchev–Trinajstić information content (AvgIpc) is 1.85. The third kappa shape index (κ3) is 7.38. The van der Waals surface area contributed by atoms with Crippen LogP contribution in [0.15, 0.2) is 23.8 Å². The van der Waals surface area contributed by atoms with Crippen LogP contribution in [0, 0.1) is 5.41 Å². The van der Waals surface area contributed by atoms with Gasteiger partial charge >= 0.3 is 0 Å². The normalized spacial score (nSPS) is 14.5. The van der Waals surface area contributed by atoms with E-state index in [0.717, 1.165) is 6.42 Å². The second-order valence-corrected chi connectivity index (χ2v) is 4.20. The Hall–Kier alpha value is -0.520. The summed E-state index contributed by atoms with van der Waals surface area (Å²) >= 11 is 0. The van der Waals surface area contributed by atoms with Crippen molar-refractivity contribution in [1.82, 2.24) is 0 Å². The van der Waals surface area contributed by atoms with Gasteiger partial charge in [-0.3, -0.25) is 0 Å². The van der Waals surface area contributed by atoms with Crippen molar-refractivity contribution in [2.45, 2.75) is 41.0 Å². The fraction of sp³-hybridized carbons (Fsp3) is 0.636. The van der Waals surface area contributed by atoms with Crippen LogP contribution in [0.4, 0.5) is 0 Å². The van der Waals surface area contributed by atoms with Gasteiger partial charge in [-0.25, -0.2) is 0 Å². The standard InChI is InChI=1S/C11H20/c1-6-10(2)8-7-9-11(3,4)5/h6-8H,9H2,1-5H3. The molecule has 0 heteroatoms. The summed E-state index contributed by atoms with van der Waals surface area (Å²) < 4.78 is 0. The lowest BCUT2D eigenvalue weighted by Crippen LogP contribution is -2.01. The molecule has 0 nitrogen and oxygen atoms in total. The van der Waals surface area contributed by atoms with Crippen LogP contribution >= 0.6 is 0 Å². The minimum absolute atomic E-state index is 0.421. The molecule has 0 saturated heterocycles. The molecule has 0 aromatic heterocycles. The van der Waals surface area contributed by atoms with Crippen molar-refractivity contribution in [2.75, 3.05) is 0 Å². The van der Waals surface area contributed by atoms with Gasteiger partial charge in [0.15, 0.2) is 0 Å². The molecule has 0 N–H and O–H groups in total. The van der Waals surface area contributed by atoms with Gasteiger partial charge in [-0.15, -0.1) is 0 Å². The predicted molar refractivity (Wildman–Crippen MR) is 52.6 cm³/mol. The van der Waals surface area contributed by atoms with Crippen LogP contribution in [0.2, 0.25) is 0 Å². The summed E-state index contributed by atoms with van der Waals surface area (Å²) in [6.45, 7) is 10.9. The highest BCUT2D eigenvalue weighted by atomic mass is 14.1. The van der Waals surface area contributed by atoms with Crippen molar-refractivity contribution >= 4 is 0 Å². The Kier molecular flexibility index (Phi) is 4.17. The molecule has 0 heterocycles. The van der Waals surface area contributed by atoms with Gasteiger partial charge in [-0.2, -0.15) is 0 Å². The van der Waals surface area contributed by atoms with Crippen LogP contribution in [-0.2, 0) is 0 Å². The third-order valence-electron chi connectivity index (χ3n) is 1.57.